The second-order valence-electron chi connectivity index (χ2n) is 8.51. The molecule has 1 aliphatic heterocycles. The molecule has 0 spiro atoms. The van der Waals surface area contributed by atoms with E-state index in [1.807, 2.05) is 36.4 Å². The predicted molar refractivity (Wildman–Crippen MR) is 141 cm³/mol. The van der Waals surface area contributed by atoms with Gasteiger partial charge in [-0.25, -0.2) is 5.43 Å². The van der Waals surface area contributed by atoms with Gasteiger partial charge >= 0.3 is 0 Å². The maximum absolute atomic E-state index is 12.4. The maximum atomic E-state index is 12.4. The highest BCUT2D eigenvalue weighted by Crippen LogP contribution is 2.49. The van der Waals surface area contributed by atoms with E-state index in [9.17, 15) is 9.59 Å². The van der Waals surface area contributed by atoms with Crippen LogP contribution in [0.4, 0.5) is 0 Å². The molecular formula is C28H27N3O4S. The SMILES string of the molecule is O=C(CSC1c2ccccc2-c2ccccc21)NN=Cc1ccc(OCC(=O)N2CCOCC2)cc1. The molecule has 1 N–H and O–H groups in total. The molecule has 1 fully saturated rings. The summed E-state index contributed by atoms with van der Waals surface area (Å²) in [5.74, 6) is 0.703. The van der Waals surface area contributed by atoms with Gasteiger partial charge in [0, 0.05) is 13.1 Å². The number of benzene rings is 3. The predicted octanol–water partition coefficient (Wildman–Crippen LogP) is 3.88. The van der Waals surface area contributed by atoms with E-state index in [2.05, 4.69) is 34.8 Å². The first kappa shape index (κ1) is 24.1. The van der Waals surface area contributed by atoms with E-state index in [4.69, 9.17) is 9.47 Å². The zero-order chi connectivity index (χ0) is 24.7. The summed E-state index contributed by atoms with van der Waals surface area (Å²) in [4.78, 5) is 26.4. The number of carbonyl (C=O) groups is 2. The molecule has 36 heavy (non-hydrogen) atoms. The highest BCUT2D eigenvalue weighted by molar-refractivity contribution is 8.00. The lowest BCUT2D eigenvalue weighted by Gasteiger charge is -2.26. The van der Waals surface area contributed by atoms with Crippen LogP contribution in [-0.2, 0) is 14.3 Å². The number of nitrogens with one attached hydrogen (secondary N) is 1. The Morgan fingerprint density at radius 2 is 1.61 bits per heavy atom. The van der Waals surface area contributed by atoms with Gasteiger partial charge in [-0.2, -0.15) is 5.10 Å². The smallest absolute Gasteiger partial charge is 0.260 e. The molecule has 0 unspecified atom stereocenters. The lowest BCUT2D eigenvalue weighted by Crippen LogP contribution is -2.42. The number of hydrogen-bond acceptors (Lipinski definition) is 6. The van der Waals surface area contributed by atoms with E-state index in [1.165, 1.54) is 22.3 Å². The van der Waals surface area contributed by atoms with E-state index in [0.29, 0.717) is 37.8 Å². The molecule has 1 heterocycles. The number of carbonyl (C=O) groups excluding carboxylic acids is 2. The van der Waals surface area contributed by atoms with Crippen LogP contribution in [0.5, 0.6) is 5.75 Å². The quantitative estimate of drug-likeness (QED) is 0.374. The molecule has 0 radical (unpaired) electrons. The summed E-state index contributed by atoms with van der Waals surface area (Å²) >= 11 is 1.60. The fraction of sp³-hybridized carbons (Fsp3) is 0.250. The zero-order valence-corrected chi connectivity index (χ0v) is 20.6. The van der Waals surface area contributed by atoms with Crippen LogP contribution in [-0.4, -0.2) is 61.6 Å². The summed E-state index contributed by atoms with van der Waals surface area (Å²) in [5, 5.41) is 4.22. The minimum Gasteiger partial charge on any atom is -0.484 e. The van der Waals surface area contributed by atoms with Crippen LogP contribution >= 0.6 is 11.8 Å². The Kier molecular flexibility index (Phi) is 7.64. The molecule has 3 aromatic rings. The summed E-state index contributed by atoms with van der Waals surface area (Å²) < 4.78 is 10.9. The first-order valence-corrected chi connectivity index (χ1v) is 12.9. The van der Waals surface area contributed by atoms with E-state index in [1.54, 1.807) is 35.0 Å². The Hall–Kier alpha value is -3.62. The minimum atomic E-state index is -0.153. The van der Waals surface area contributed by atoms with Crippen molar-refractivity contribution in [2.75, 3.05) is 38.7 Å². The number of ether oxygens (including phenoxy) is 2. The summed E-state index contributed by atoms with van der Waals surface area (Å²) in [5.41, 5.74) is 8.39. The molecule has 0 atom stereocenters. The number of morpholine rings is 1. The van der Waals surface area contributed by atoms with Crippen molar-refractivity contribution in [3.05, 3.63) is 89.5 Å². The molecule has 0 aromatic heterocycles. The standard InChI is InChI=1S/C28H27N3O4S/c32-26(19-36-28-24-7-3-1-5-22(24)23-6-2-4-8-25(23)28)30-29-17-20-9-11-21(12-10-20)35-18-27(33)31-13-15-34-16-14-31/h1-12,17,28H,13-16,18-19H2,(H,30,32). The maximum Gasteiger partial charge on any atom is 0.260 e. The van der Waals surface area contributed by atoms with Crippen molar-refractivity contribution in [1.82, 2.24) is 10.3 Å². The van der Waals surface area contributed by atoms with Crippen LogP contribution in [0.15, 0.2) is 77.9 Å². The molecule has 3 aromatic carbocycles. The minimum absolute atomic E-state index is 0.00287. The van der Waals surface area contributed by atoms with E-state index in [-0.39, 0.29) is 23.7 Å². The Bertz CT molecular complexity index is 1210. The van der Waals surface area contributed by atoms with E-state index < -0.39 is 0 Å². The fourth-order valence-electron chi connectivity index (χ4n) is 4.36. The molecule has 8 heteroatoms. The molecule has 184 valence electrons. The fourth-order valence-corrected chi connectivity index (χ4v) is 5.51. The van der Waals surface area contributed by atoms with Crippen molar-refractivity contribution >= 4 is 29.8 Å². The third-order valence-corrected chi connectivity index (χ3v) is 7.44. The van der Waals surface area contributed by atoms with Gasteiger partial charge in [0.2, 0.25) is 5.91 Å². The highest BCUT2D eigenvalue weighted by Gasteiger charge is 2.28. The van der Waals surface area contributed by atoms with Gasteiger partial charge < -0.3 is 14.4 Å². The third kappa shape index (κ3) is 5.61. The van der Waals surface area contributed by atoms with Crippen LogP contribution in [0.2, 0.25) is 0 Å². The molecule has 5 rings (SSSR count). The van der Waals surface area contributed by atoms with Crippen molar-refractivity contribution in [2.45, 2.75) is 5.25 Å². The van der Waals surface area contributed by atoms with Crippen LogP contribution < -0.4 is 10.2 Å². The number of thioether (sulfide) groups is 1. The van der Waals surface area contributed by atoms with Gasteiger partial charge in [0.15, 0.2) is 6.61 Å². The number of fused-ring (bicyclic) bond motifs is 3. The third-order valence-electron chi connectivity index (χ3n) is 6.17. The average molecular weight is 502 g/mol. The van der Waals surface area contributed by atoms with Crippen LogP contribution in [0.25, 0.3) is 11.1 Å². The number of amides is 2. The molecule has 7 nitrogen and oxygen atoms in total. The van der Waals surface area contributed by atoms with Gasteiger partial charge in [-0.05, 0) is 52.1 Å². The second-order valence-corrected chi connectivity index (χ2v) is 9.60. The van der Waals surface area contributed by atoms with Crippen LogP contribution in [0.3, 0.4) is 0 Å². The molecule has 0 bridgehead atoms. The van der Waals surface area contributed by atoms with Gasteiger partial charge in [0.25, 0.3) is 5.91 Å². The highest BCUT2D eigenvalue weighted by atomic mass is 32.2. The van der Waals surface area contributed by atoms with Gasteiger partial charge in [0.05, 0.1) is 30.4 Å². The van der Waals surface area contributed by atoms with Gasteiger partial charge in [-0.1, -0.05) is 48.5 Å². The van der Waals surface area contributed by atoms with Crippen molar-refractivity contribution in [2.24, 2.45) is 5.10 Å². The lowest BCUT2D eigenvalue weighted by atomic mass is 10.1. The number of rotatable bonds is 8. The van der Waals surface area contributed by atoms with E-state index >= 15 is 0 Å². The Morgan fingerprint density at radius 3 is 2.28 bits per heavy atom. The number of nitrogens with zero attached hydrogens (tertiary/aromatic N) is 2. The summed E-state index contributed by atoms with van der Waals surface area (Å²) in [6.45, 7) is 2.33. The topological polar surface area (TPSA) is 80.2 Å². The molecule has 1 aliphatic carbocycles. The van der Waals surface area contributed by atoms with Crippen LogP contribution in [0.1, 0.15) is 21.9 Å². The monoisotopic (exact) mass is 501 g/mol. The molecular weight excluding hydrogens is 474 g/mol. The molecule has 2 aliphatic rings. The van der Waals surface area contributed by atoms with Crippen molar-refractivity contribution in [1.29, 1.82) is 0 Å². The molecule has 0 saturated carbocycles. The van der Waals surface area contributed by atoms with E-state index in [0.717, 1.165) is 5.56 Å². The van der Waals surface area contributed by atoms with Gasteiger partial charge in [-0.3, -0.25) is 9.59 Å². The van der Waals surface area contributed by atoms with Gasteiger partial charge in [0.1, 0.15) is 5.75 Å². The first-order chi connectivity index (χ1) is 17.7. The lowest BCUT2D eigenvalue weighted by molar-refractivity contribution is -0.137. The Balaban J connectivity index is 1.09. The second kappa shape index (κ2) is 11.4. The summed E-state index contributed by atoms with van der Waals surface area (Å²) in [7, 11) is 0. The average Bonchev–Trinajstić information content (AvgIpc) is 3.25. The summed E-state index contributed by atoms with van der Waals surface area (Å²) in [6, 6.07) is 23.9. The number of hydrogen-bond donors (Lipinski definition) is 1. The Morgan fingerprint density at radius 1 is 0.972 bits per heavy atom. The van der Waals surface area contributed by atoms with Crippen molar-refractivity contribution in [3.63, 3.8) is 0 Å². The van der Waals surface area contributed by atoms with Crippen molar-refractivity contribution in [3.8, 4) is 16.9 Å². The summed E-state index contributed by atoms with van der Waals surface area (Å²) in [6.07, 6.45) is 1.59. The number of hydrazone groups is 1. The van der Waals surface area contributed by atoms with Crippen LogP contribution in [0, 0.1) is 0 Å². The first-order valence-electron chi connectivity index (χ1n) is 11.9. The zero-order valence-electron chi connectivity index (χ0n) is 19.8. The normalized spacial score (nSPS) is 14.9. The molecule has 1 saturated heterocycles. The largest absolute Gasteiger partial charge is 0.484 e. The van der Waals surface area contributed by atoms with Gasteiger partial charge in [-0.15, -0.1) is 11.8 Å². The Labute approximate surface area is 214 Å². The van der Waals surface area contributed by atoms with Crippen molar-refractivity contribution < 1.29 is 19.1 Å². The molecule has 2 amide bonds.